The maximum absolute atomic E-state index is 11.4. The van der Waals surface area contributed by atoms with Crippen molar-refractivity contribution in [1.82, 2.24) is 4.90 Å². The van der Waals surface area contributed by atoms with Gasteiger partial charge in [0.05, 0.1) is 0 Å². The number of hydrogen-bond acceptors (Lipinski definition) is 2. The van der Waals surface area contributed by atoms with Gasteiger partial charge >= 0.3 is 0 Å². The number of nitrogens with zero attached hydrogens (tertiary/aromatic N) is 1. The van der Waals surface area contributed by atoms with Crippen molar-refractivity contribution < 1.29 is 4.79 Å². The molecule has 0 rings (SSSR count). The summed E-state index contributed by atoms with van der Waals surface area (Å²) in [5, 5.41) is 0. The maximum atomic E-state index is 11.4. The highest BCUT2D eigenvalue weighted by molar-refractivity contribution is 5.76. The minimum Gasteiger partial charge on any atom is -0.343 e. The summed E-state index contributed by atoms with van der Waals surface area (Å²) in [6, 6.07) is 0. The second-order valence-corrected chi connectivity index (χ2v) is 3.22. The van der Waals surface area contributed by atoms with Gasteiger partial charge in [-0.3, -0.25) is 4.79 Å². The molecule has 0 unspecified atom stereocenters. The standard InChI is InChI=1S/C10H22N2O/c1-3-5-6-9-12(4-2)10(13)7-8-11/h3-9,11H2,1-2H3. The van der Waals surface area contributed by atoms with Crippen LogP contribution in [0.1, 0.15) is 39.5 Å². The highest BCUT2D eigenvalue weighted by atomic mass is 16.2. The lowest BCUT2D eigenvalue weighted by molar-refractivity contribution is -0.130. The van der Waals surface area contributed by atoms with Crippen LogP contribution in [-0.2, 0) is 4.79 Å². The van der Waals surface area contributed by atoms with Crippen molar-refractivity contribution in [3.63, 3.8) is 0 Å². The van der Waals surface area contributed by atoms with Crippen LogP contribution in [0, 0.1) is 0 Å². The first-order valence-corrected chi connectivity index (χ1v) is 5.24. The molecule has 3 heteroatoms. The molecule has 0 radical (unpaired) electrons. The van der Waals surface area contributed by atoms with Crippen LogP contribution < -0.4 is 5.73 Å². The SMILES string of the molecule is CCCCCN(CC)C(=O)CCN. The summed E-state index contributed by atoms with van der Waals surface area (Å²) in [7, 11) is 0. The highest BCUT2D eigenvalue weighted by Gasteiger charge is 2.08. The quantitative estimate of drug-likeness (QED) is 0.610. The van der Waals surface area contributed by atoms with E-state index in [0.717, 1.165) is 19.5 Å². The number of carbonyl (C=O) groups is 1. The van der Waals surface area contributed by atoms with Gasteiger partial charge in [0, 0.05) is 26.1 Å². The Morgan fingerprint density at radius 2 is 2.00 bits per heavy atom. The van der Waals surface area contributed by atoms with E-state index in [4.69, 9.17) is 5.73 Å². The average molecular weight is 186 g/mol. The lowest BCUT2D eigenvalue weighted by Crippen LogP contribution is -2.33. The number of nitrogens with two attached hydrogens (primary N) is 1. The van der Waals surface area contributed by atoms with Gasteiger partial charge < -0.3 is 10.6 Å². The number of hydrogen-bond donors (Lipinski definition) is 1. The normalized spacial score (nSPS) is 10.1. The Balaban J connectivity index is 3.67. The second-order valence-electron chi connectivity index (χ2n) is 3.22. The molecule has 0 heterocycles. The molecular formula is C10H22N2O. The fourth-order valence-corrected chi connectivity index (χ4v) is 1.29. The summed E-state index contributed by atoms with van der Waals surface area (Å²) in [4.78, 5) is 13.3. The van der Waals surface area contributed by atoms with Gasteiger partial charge in [-0.2, -0.15) is 0 Å². The molecule has 0 spiro atoms. The molecule has 0 aromatic carbocycles. The molecule has 1 amide bonds. The van der Waals surface area contributed by atoms with Gasteiger partial charge in [0.15, 0.2) is 0 Å². The fraction of sp³-hybridized carbons (Fsp3) is 0.900. The average Bonchev–Trinajstić information content (AvgIpc) is 2.13. The number of unbranched alkanes of at least 4 members (excludes halogenated alkanes) is 2. The molecule has 0 fully saturated rings. The molecule has 0 aromatic heterocycles. The first-order valence-electron chi connectivity index (χ1n) is 5.24. The Morgan fingerprint density at radius 1 is 1.31 bits per heavy atom. The van der Waals surface area contributed by atoms with Crippen LogP contribution in [0.4, 0.5) is 0 Å². The predicted molar refractivity (Wildman–Crippen MR) is 55.5 cm³/mol. The zero-order valence-electron chi connectivity index (χ0n) is 8.88. The summed E-state index contributed by atoms with van der Waals surface area (Å²) in [5.41, 5.74) is 5.33. The monoisotopic (exact) mass is 186 g/mol. The van der Waals surface area contributed by atoms with Crippen molar-refractivity contribution >= 4 is 5.91 Å². The molecule has 0 aliphatic carbocycles. The van der Waals surface area contributed by atoms with E-state index in [2.05, 4.69) is 6.92 Å². The van der Waals surface area contributed by atoms with Crippen LogP contribution >= 0.6 is 0 Å². The Bertz CT molecular complexity index is 137. The largest absolute Gasteiger partial charge is 0.343 e. The fourth-order valence-electron chi connectivity index (χ4n) is 1.29. The van der Waals surface area contributed by atoms with Gasteiger partial charge in [-0.1, -0.05) is 19.8 Å². The minimum absolute atomic E-state index is 0.195. The Hall–Kier alpha value is -0.570. The molecule has 13 heavy (non-hydrogen) atoms. The topological polar surface area (TPSA) is 46.3 Å². The van der Waals surface area contributed by atoms with E-state index in [-0.39, 0.29) is 5.91 Å². The molecule has 2 N–H and O–H groups in total. The molecule has 0 bridgehead atoms. The lowest BCUT2D eigenvalue weighted by Gasteiger charge is -2.20. The van der Waals surface area contributed by atoms with Crippen molar-refractivity contribution in [1.29, 1.82) is 0 Å². The maximum Gasteiger partial charge on any atom is 0.223 e. The van der Waals surface area contributed by atoms with Crippen molar-refractivity contribution in [3.8, 4) is 0 Å². The van der Waals surface area contributed by atoms with Crippen LogP contribution in [0.2, 0.25) is 0 Å². The van der Waals surface area contributed by atoms with Crippen LogP contribution in [0.3, 0.4) is 0 Å². The summed E-state index contributed by atoms with van der Waals surface area (Å²) >= 11 is 0. The van der Waals surface area contributed by atoms with Crippen molar-refractivity contribution in [2.45, 2.75) is 39.5 Å². The van der Waals surface area contributed by atoms with E-state index in [0.29, 0.717) is 13.0 Å². The molecule has 0 saturated heterocycles. The van der Waals surface area contributed by atoms with E-state index >= 15 is 0 Å². The Kier molecular flexibility index (Phi) is 7.69. The minimum atomic E-state index is 0.195. The molecular weight excluding hydrogens is 164 g/mol. The van der Waals surface area contributed by atoms with Crippen molar-refractivity contribution in [3.05, 3.63) is 0 Å². The third-order valence-corrected chi connectivity index (χ3v) is 2.12. The molecule has 0 aliphatic rings. The van der Waals surface area contributed by atoms with Gasteiger partial charge in [0.1, 0.15) is 0 Å². The predicted octanol–water partition coefficient (Wildman–Crippen LogP) is 1.37. The van der Waals surface area contributed by atoms with Crippen LogP contribution in [0.15, 0.2) is 0 Å². The van der Waals surface area contributed by atoms with E-state index in [1.165, 1.54) is 12.8 Å². The highest BCUT2D eigenvalue weighted by Crippen LogP contribution is 2.00. The van der Waals surface area contributed by atoms with Crippen molar-refractivity contribution in [2.24, 2.45) is 5.73 Å². The molecule has 0 saturated carbocycles. The van der Waals surface area contributed by atoms with E-state index < -0.39 is 0 Å². The number of rotatable bonds is 7. The number of amides is 1. The van der Waals surface area contributed by atoms with E-state index in [9.17, 15) is 4.79 Å². The van der Waals surface area contributed by atoms with Gasteiger partial charge in [-0.25, -0.2) is 0 Å². The smallest absolute Gasteiger partial charge is 0.223 e. The molecule has 0 aromatic rings. The first kappa shape index (κ1) is 12.4. The van der Waals surface area contributed by atoms with Gasteiger partial charge in [-0.15, -0.1) is 0 Å². The van der Waals surface area contributed by atoms with Gasteiger partial charge in [-0.05, 0) is 13.3 Å². The van der Waals surface area contributed by atoms with Gasteiger partial charge in [0.2, 0.25) is 5.91 Å². The Labute approximate surface area is 81.3 Å². The zero-order chi connectivity index (χ0) is 10.1. The van der Waals surface area contributed by atoms with Crippen LogP contribution in [0.5, 0.6) is 0 Å². The third kappa shape index (κ3) is 5.64. The summed E-state index contributed by atoms with van der Waals surface area (Å²) < 4.78 is 0. The zero-order valence-corrected chi connectivity index (χ0v) is 8.88. The number of carbonyl (C=O) groups excluding carboxylic acids is 1. The van der Waals surface area contributed by atoms with Crippen LogP contribution in [-0.4, -0.2) is 30.4 Å². The van der Waals surface area contributed by atoms with Crippen molar-refractivity contribution in [2.75, 3.05) is 19.6 Å². The van der Waals surface area contributed by atoms with E-state index in [1.807, 2.05) is 11.8 Å². The Morgan fingerprint density at radius 3 is 2.46 bits per heavy atom. The molecule has 78 valence electrons. The molecule has 0 atom stereocenters. The molecule has 0 aliphatic heterocycles. The van der Waals surface area contributed by atoms with Gasteiger partial charge in [0.25, 0.3) is 0 Å². The second kappa shape index (κ2) is 8.05. The van der Waals surface area contributed by atoms with Crippen LogP contribution in [0.25, 0.3) is 0 Å². The first-order chi connectivity index (χ1) is 6.26. The summed E-state index contributed by atoms with van der Waals surface area (Å²) in [6.07, 6.45) is 4.00. The summed E-state index contributed by atoms with van der Waals surface area (Å²) in [5.74, 6) is 0.195. The molecule has 3 nitrogen and oxygen atoms in total. The third-order valence-electron chi connectivity index (χ3n) is 2.12. The van der Waals surface area contributed by atoms with E-state index in [1.54, 1.807) is 0 Å². The summed E-state index contributed by atoms with van der Waals surface area (Å²) in [6.45, 7) is 6.34. The lowest BCUT2D eigenvalue weighted by atomic mass is 10.2.